The van der Waals surface area contributed by atoms with Crippen LogP contribution in [-0.2, 0) is 19.4 Å². The summed E-state index contributed by atoms with van der Waals surface area (Å²) in [5.41, 5.74) is 0.790. The van der Waals surface area contributed by atoms with E-state index in [4.69, 9.17) is 4.52 Å². The van der Waals surface area contributed by atoms with Crippen molar-refractivity contribution in [3.63, 3.8) is 0 Å². The van der Waals surface area contributed by atoms with Gasteiger partial charge < -0.3 is 9.51 Å². The molecule has 13 heteroatoms. The first-order chi connectivity index (χ1) is 16.2. The van der Waals surface area contributed by atoms with Gasteiger partial charge >= 0.3 is 0 Å². The average Bonchev–Trinajstić information content (AvgIpc) is 3.56. The van der Waals surface area contributed by atoms with Crippen molar-refractivity contribution in [1.82, 2.24) is 49.2 Å². The van der Waals surface area contributed by atoms with E-state index in [0.717, 1.165) is 19.3 Å². The number of aromatic amines is 1. The topological polar surface area (TPSA) is 146 Å². The third kappa shape index (κ3) is 4.15. The summed E-state index contributed by atoms with van der Waals surface area (Å²) in [6.07, 6.45) is 8.07. The van der Waals surface area contributed by atoms with Crippen molar-refractivity contribution in [1.29, 1.82) is 0 Å². The Morgan fingerprint density at radius 1 is 1.06 bits per heavy atom. The zero-order valence-electron chi connectivity index (χ0n) is 17.9. The van der Waals surface area contributed by atoms with Gasteiger partial charge in [-0.25, -0.2) is 19.4 Å². The van der Waals surface area contributed by atoms with Gasteiger partial charge in [0.1, 0.15) is 5.82 Å². The lowest BCUT2D eigenvalue weighted by Crippen LogP contribution is -2.21. The molecule has 0 saturated carbocycles. The molecule has 0 saturated heterocycles. The molecule has 0 bridgehead atoms. The van der Waals surface area contributed by atoms with E-state index in [9.17, 15) is 4.79 Å². The largest absolute Gasteiger partial charge is 0.339 e. The molecule has 0 fully saturated rings. The Morgan fingerprint density at radius 2 is 1.91 bits per heavy atom. The van der Waals surface area contributed by atoms with Crippen LogP contribution >= 0.6 is 15.9 Å². The predicted molar refractivity (Wildman–Crippen MR) is 121 cm³/mol. The summed E-state index contributed by atoms with van der Waals surface area (Å²) < 4.78 is 9.34. The number of hydrogen-bond donors (Lipinski definition) is 1. The van der Waals surface area contributed by atoms with Gasteiger partial charge in [0.05, 0.1) is 0 Å². The highest BCUT2D eigenvalue weighted by molar-refractivity contribution is 9.10. The zero-order valence-corrected chi connectivity index (χ0v) is 19.5. The standard InChI is InChI=1S/C20H21BrN10O2/c1-2-3-4-11-30-17-14(25-19(21)26-17)18(32)31-12(27-28-20(30)31)7-5-8-13-24-16(29-33-13)15-22-9-6-10-23-15/h6,9-10H,2-5,7-8,11H2,1H3,(H,25,26). The van der Waals surface area contributed by atoms with Crippen molar-refractivity contribution in [2.75, 3.05) is 0 Å². The summed E-state index contributed by atoms with van der Waals surface area (Å²) in [5, 5.41) is 12.6. The second-order valence-corrected chi connectivity index (χ2v) is 8.33. The molecule has 0 amide bonds. The van der Waals surface area contributed by atoms with E-state index in [2.05, 4.69) is 63.1 Å². The van der Waals surface area contributed by atoms with Gasteiger partial charge in [0, 0.05) is 31.8 Å². The van der Waals surface area contributed by atoms with Crippen LogP contribution < -0.4 is 5.56 Å². The molecule has 0 aliphatic carbocycles. The van der Waals surface area contributed by atoms with Gasteiger partial charge in [0.2, 0.25) is 23.3 Å². The van der Waals surface area contributed by atoms with E-state index in [1.165, 1.54) is 0 Å². The molecule has 0 spiro atoms. The van der Waals surface area contributed by atoms with E-state index in [1.54, 1.807) is 22.9 Å². The maximum Gasteiger partial charge on any atom is 0.286 e. The smallest absolute Gasteiger partial charge is 0.286 e. The molecule has 33 heavy (non-hydrogen) atoms. The number of fused-ring (bicyclic) bond motifs is 2. The van der Waals surface area contributed by atoms with Crippen LogP contribution in [0.2, 0.25) is 0 Å². The minimum Gasteiger partial charge on any atom is -0.339 e. The van der Waals surface area contributed by atoms with Crippen LogP contribution in [0, 0.1) is 0 Å². The van der Waals surface area contributed by atoms with Crippen molar-refractivity contribution in [2.45, 2.75) is 52.0 Å². The van der Waals surface area contributed by atoms with Gasteiger partial charge in [0.15, 0.2) is 15.9 Å². The van der Waals surface area contributed by atoms with Crippen LogP contribution in [0.3, 0.4) is 0 Å². The van der Waals surface area contributed by atoms with Crippen LogP contribution in [0.15, 0.2) is 32.5 Å². The molecular formula is C20H21BrN10O2. The Labute approximate surface area is 195 Å². The molecule has 12 nitrogen and oxygen atoms in total. The van der Waals surface area contributed by atoms with E-state index in [-0.39, 0.29) is 5.56 Å². The minimum absolute atomic E-state index is 0.216. The number of aryl methyl sites for hydroxylation is 3. The van der Waals surface area contributed by atoms with Crippen LogP contribution in [0.1, 0.15) is 44.3 Å². The normalized spacial score (nSPS) is 11.7. The average molecular weight is 513 g/mol. The summed E-state index contributed by atoms with van der Waals surface area (Å²) in [7, 11) is 0. The molecular weight excluding hydrogens is 492 g/mol. The number of rotatable bonds is 9. The van der Waals surface area contributed by atoms with Crippen molar-refractivity contribution in [2.24, 2.45) is 0 Å². The van der Waals surface area contributed by atoms with Gasteiger partial charge in [-0.2, -0.15) is 4.98 Å². The number of unbranched alkanes of at least 4 members (excludes halogenated alkanes) is 2. The molecule has 0 unspecified atom stereocenters. The van der Waals surface area contributed by atoms with Gasteiger partial charge in [0.25, 0.3) is 5.56 Å². The SMILES string of the molecule is CCCCCn1c2nc(Br)[nH]c2c(=O)n2c(CCCc3nc(-c4ncccn4)no3)nnc12. The van der Waals surface area contributed by atoms with Crippen molar-refractivity contribution < 1.29 is 4.52 Å². The lowest BCUT2D eigenvalue weighted by atomic mass is 10.2. The summed E-state index contributed by atoms with van der Waals surface area (Å²) in [5.74, 6) is 2.31. The highest BCUT2D eigenvalue weighted by Crippen LogP contribution is 2.17. The van der Waals surface area contributed by atoms with E-state index in [0.29, 0.717) is 70.8 Å². The quantitative estimate of drug-likeness (QED) is 0.232. The molecule has 0 radical (unpaired) electrons. The number of hydrogen-bond acceptors (Lipinski definition) is 9. The number of nitrogens with zero attached hydrogens (tertiary/aromatic N) is 9. The fourth-order valence-electron chi connectivity index (χ4n) is 3.72. The Bertz CT molecular complexity index is 1450. The summed E-state index contributed by atoms with van der Waals surface area (Å²) in [4.78, 5) is 33.2. The molecule has 0 aliphatic rings. The summed E-state index contributed by atoms with van der Waals surface area (Å²) in [6.45, 7) is 2.85. The zero-order chi connectivity index (χ0) is 22.8. The predicted octanol–water partition coefficient (Wildman–Crippen LogP) is 2.74. The van der Waals surface area contributed by atoms with Crippen molar-refractivity contribution in [3.05, 3.63) is 45.3 Å². The van der Waals surface area contributed by atoms with Gasteiger partial charge in [-0.05, 0) is 34.8 Å². The second-order valence-electron chi connectivity index (χ2n) is 7.58. The third-order valence-corrected chi connectivity index (χ3v) is 5.67. The number of imidazole rings is 1. The fraction of sp³-hybridized carbons (Fsp3) is 0.400. The van der Waals surface area contributed by atoms with Gasteiger partial charge in [-0.15, -0.1) is 10.2 Å². The third-order valence-electron chi connectivity index (χ3n) is 5.29. The maximum atomic E-state index is 13.2. The number of nitrogens with one attached hydrogen (secondary N) is 1. The Hall–Kier alpha value is -3.48. The fourth-order valence-corrected chi connectivity index (χ4v) is 4.09. The first-order valence-electron chi connectivity index (χ1n) is 10.8. The van der Waals surface area contributed by atoms with E-state index < -0.39 is 0 Å². The van der Waals surface area contributed by atoms with Crippen LogP contribution in [0.25, 0.3) is 28.6 Å². The van der Waals surface area contributed by atoms with E-state index in [1.807, 2.05) is 4.57 Å². The Balaban J connectivity index is 1.39. The van der Waals surface area contributed by atoms with Crippen molar-refractivity contribution in [3.8, 4) is 11.6 Å². The second kappa shape index (κ2) is 9.17. The lowest BCUT2D eigenvalue weighted by molar-refractivity contribution is 0.375. The number of H-pyrrole nitrogens is 1. The molecule has 0 aromatic carbocycles. The van der Waals surface area contributed by atoms with Crippen LogP contribution in [-0.4, -0.2) is 49.2 Å². The Kier molecular flexibility index (Phi) is 5.94. The van der Waals surface area contributed by atoms with E-state index >= 15 is 0 Å². The molecule has 5 rings (SSSR count). The van der Waals surface area contributed by atoms with Crippen LogP contribution in [0.4, 0.5) is 0 Å². The highest BCUT2D eigenvalue weighted by atomic mass is 79.9. The first kappa shape index (κ1) is 21.4. The first-order valence-corrected chi connectivity index (χ1v) is 11.6. The minimum atomic E-state index is -0.216. The molecule has 0 aliphatic heterocycles. The molecule has 0 atom stereocenters. The maximum absolute atomic E-state index is 13.2. The molecule has 170 valence electrons. The number of aromatic nitrogens is 10. The van der Waals surface area contributed by atoms with Crippen LogP contribution in [0.5, 0.6) is 0 Å². The molecule has 5 heterocycles. The molecule has 5 aromatic rings. The van der Waals surface area contributed by atoms with Crippen molar-refractivity contribution >= 4 is 32.9 Å². The molecule has 1 N–H and O–H groups in total. The monoisotopic (exact) mass is 512 g/mol. The van der Waals surface area contributed by atoms with Gasteiger partial charge in [-0.3, -0.25) is 9.36 Å². The number of halogens is 1. The summed E-state index contributed by atoms with van der Waals surface area (Å²) in [6, 6.07) is 1.72. The highest BCUT2D eigenvalue weighted by Gasteiger charge is 2.19. The Morgan fingerprint density at radius 3 is 2.73 bits per heavy atom. The van der Waals surface area contributed by atoms with Gasteiger partial charge in [-0.1, -0.05) is 24.9 Å². The molecule has 5 aromatic heterocycles. The lowest BCUT2D eigenvalue weighted by Gasteiger charge is -2.09. The summed E-state index contributed by atoms with van der Waals surface area (Å²) >= 11 is 3.34.